The normalized spacial score (nSPS) is 8.33. The molecule has 2 N–H and O–H groups in total. The summed E-state index contributed by atoms with van der Waals surface area (Å²) in [6, 6.07) is 8.36. The van der Waals surface area contributed by atoms with E-state index in [-0.39, 0.29) is 0 Å². The first kappa shape index (κ1) is 11.2. The van der Waals surface area contributed by atoms with Crippen LogP contribution in [0.5, 0.6) is 0 Å². The van der Waals surface area contributed by atoms with Gasteiger partial charge in [-0.3, -0.25) is 0 Å². The van der Waals surface area contributed by atoms with Gasteiger partial charge in [0.2, 0.25) is 0 Å². The Morgan fingerprint density at radius 2 is 1.33 bits per heavy atom. The molecule has 0 aliphatic heterocycles. The maximum Gasteiger partial charge on any atom is 0.692 e. The van der Waals surface area contributed by atoms with Gasteiger partial charge in [0.05, 0.1) is 0 Å². The van der Waals surface area contributed by atoms with Crippen LogP contribution in [0.4, 0.5) is 0 Å². The van der Waals surface area contributed by atoms with Crippen LogP contribution in [0.15, 0.2) is 24.3 Å². The number of hydrogen-bond donors (Lipinski definition) is 2. The third-order valence-electron chi connectivity index (χ3n) is 1.43. The molecule has 12 heavy (non-hydrogen) atoms. The molecule has 0 radical (unpaired) electrons. The fourth-order valence-corrected chi connectivity index (χ4v) is 0.663. The van der Waals surface area contributed by atoms with E-state index >= 15 is 0 Å². The third kappa shape index (κ3) is 5.98. The molecule has 0 aliphatic carbocycles. The summed E-state index contributed by atoms with van der Waals surface area (Å²) in [4.78, 5) is 14.2. The van der Waals surface area contributed by atoms with Crippen LogP contribution >= 0.6 is 8.25 Å². The topological polar surface area (TPSA) is 57.5 Å². The zero-order valence-electron chi connectivity index (χ0n) is 7.06. The molecule has 0 heterocycles. The Hall–Kier alpha value is -0.760. The van der Waals surface area contributed by atoms with Gasteiger partial charge in [0, 0.05) is 4.57 Å². The standard InChI is InChI=1S/C8H10.HO3P/c1-7-5-3-4-6-8(7)2;1-4(2)3/h3-6H,1-2H3;(H-,1,2,3)/p+1. The van der Waals surface area contributed by atoms with Crippen molar-refractivity contribution in [1.29, 1.82) is 0 Å². The van der Waals surface area contributed by atoms with Gasteiger partial charge in [-0.25, -0.2) is 0 Å². The third-order valence-corrected chi connectivity index (χ3v) is 1.43. The van der Waals surface area contributed by atoms with Gasteiger partial charge in [-0.05, 0) is 25.0 Å². The van der Waals surface area contributed by atoms with Gasteiger partial charge >= 0.3 is 8.25 Å². The Balaban J connectivity index is 0.000000261. The lowest BCUT2D eigenvalue weighted by atomic mass is 10.1. The number of hydrogen-bond acceptors (Lipinski definition) is 1. The summed E-state index contributed by atoms with van der Waals surface area (Å²) in [6.45, 7) is 4.24. The minimum Gasteiger partial charge on any atom is -0.134 e. The van der Waals surface area contributed by atoms with Gasteiger partial charge in [0.15, 0.2) is 0 Å². The molecule has 0 saturated heterocycles. The predicted octanol–water partition coefficient (Wildman–Crippen LogP) is 1.93. The van der Waals surface area contributed by atoms with Crippen LogP contribution in [0.1, 0.15) is 11.1 Å². The van der Waals surface area contributed by atoms with Crippen LogP contribution in [0.25, 0.3) is 0 Å². The molecule has 0 amide bonds. The monoisotopic (exact) mass is 187 g/mol. The van der Waals surface area contributed by atoms with Crippen molar-refractivity contribution in [2.24, 2.45) is 0 Å². The van der Waals surface area contributed by atoms with Gasteiger partial charge < -0.3 is 0 Å². The summed E-state index contributed by atoms with van der Waals surface area (Å²) >= 11 is 0. The highest BCUT2D eigenvalue weighted by molar-refractivity contribution is 7.30. The first-order valence-electron chi connectivity index (χ1n) is 3.41. The molecule has 1 aromatic carbocycles. The lowest BCUT2D eigenvalue weighted by Gasteiger charge is -1.93. The highest BCUT2D eigenvalue weighted by Crippen LogP contribution is 2.02. The fourth-order valence-electron chi connectivity index (χ4n) is 0.663. The Morgan fingerprint density at radius 1 is 1.08 bits per heavy atom. The van der Waals surface area contributed by atoms with E-state index in [2.05, 4.69) is 38.1 Å². The number of rotatable bonds is 0. The zero-order valence-corrected chi connectivity index (χ0v) is 7.95. The van der Waals surface area contributed by atoms with Crippen LogP contribution in [-0.4, -0.2) is 9.79 Å². The number of benzene rings is 1. The van der Waals surface area contributed by atoms with Crippen molar-refractivity contribution in [3.8, 4) is 0 Å². The molecule has 1 aromatic rings. The van der Waals surface area contributed by atoms with Crippen molar-refractivity contribution in [3.63, 3.8) is 0 Å². The first-order valence-corrected chi connectivity index (χ1v) is 4.58. The Kier molecular flexibility index (Phi) is 5.47. The van der Waals surface area contributed by atoms with E-state index in [1.54, 1.807) is 0 Å². The second-order valence-corrected chi connectivity index (χ2v) is 2.84. The molecule has 0 saturated carbocycles. The highest BCUT2D eigenvalue weighted by Gasteiger charge is 1.93. The van der Waals surface area contributed by atoms with E-state index in [0.717, 1.165) is 0 Å². The largest absolute Gasteiger partial charge is 0.692 e. The van der Waals surface area contributed by atoms with Gasteiger partial charge in [-0.15, -0.1) is 9.79 Å². The van der Waals surface area contributed by atoms with E-state index in [4.69, 9.17) is 14.4 Å². The SMILES string of the molecule is Cc1ccccc1C.O=[P+](O)O. The van der Waals surface area contributed by atoms with Gasteiger partial charge in [-0.2, -0.15) is 0 Å². The Labute approximate surface area is 72.6 Å². The average Bonchev–Trinajstić information content (AvgIpc) is 1.94. The van der Waals surface area contributed by atoms with Crippen LogP contribution in [-0.2, 0) is 4.57 Å². The van der Waals surface area contributed by atoms with Crippen molar-refractivity contribution in [2.75, 3.05) is 0 Å². The summed E-state index contributed by atoms with van der Waals surface area (Å²) in [5.41, 5.74) is 2.74. The summed E-state index contributed by atoms with van der Waals surface area (Å²) in [6.07, 6.45) is 0. The van der Waals surface area contributed by atoms with E-state index < -0.39 is 8.25 Å². The first-order chi connectivity index (χ1) is 5.54. The molecule has 0 aliphatic rings. The predicted molar refractivity (Wildman–Crippen MR) is 48.0 cm³/mol. The summed E-state index contributed by atoms with van der Waals surface area (Å²) in [5, 5.41) is 0. The van der Waals surface area contributed by atoms with Crippen LogP contribution in [0.2, 0.25) is 0 Å². The molecule has 0 unspecified atom stereocenters. The molecule has 4 heteroatoms. The number of aryl methyl sites for hydroxylation is 2. The second kappa shape index (κ2) is 5.84. The van der Waals surface area contributed by atoms with Crippen molar-refractivity contribution in [2.45, 2.75) is 13.8 Å². The Morgan fingerprint density at radius 3 is 1.50 bits per heavy atom. The van der Waals surface area contributed by atoms with E-state index in [1.165, 1.54) is 11.1 Å². The molecule has 3 nitrogen and oxygen atoms in total. The highest BCUT2D eigenvalue weighted by atomic mass is 31.1. The van der Waals surface area contributed by atoms with Crippen molar-refractivity contribution in [1.82, 2.24) is 0 Å². The van der Waals surface area contributed by atoms with Crippen molar-refractivity contribution in [3.05, 3.63) is 35.4 Å². The molecular weight excluding hydrogens is 175 g/mol. The van der Waals surface area contributed by atoms with Gasteiger partial charge in [0.1, 0.15) is 0 Å². The van der Waals surface area contributed by atoms with Crippen molar-refractivity contribution >= 4 is 8.25 Å². The lowest BCUT2D eigenvalue weighted by Crippen LogP contribution is -1.74. The van der Waals surface area contributed by atoms with Crippen LogP contribution in [0.3, 0.4) is 0 Å². The fraction of sp³-hybridized carbons (Fsp3) is 0.250. The van der Waals surface area contributed by atoms with Crippen molar-refractivity contribution < 1.29 is 14.4 Å². The summed E-state index contributed by atoms with van der Waals surface area (Å²) in [5.74, 6) is 0. The molecule has 0 aromatic heterocycles. The van der Waals surface area contributed by atoms with Crippen LogP contribution < -0.4 is 0 Å². The average molecular weight is 187 g/mol. The maximum absolute atomic E-state index is 8.70. The Bertz CT molecular complexity index is 235. The van der Waals surface area contributed by atoms with Gasteiger partial charge in [-0.1, -0.05) is 24.3 Å². The second-order valence-electron chi connectivity index (χ2n) is 2.34. The van der Waals surface area contributed by atoms with E-state index in [0.29, 0.717) is 0 Å². The van der Waals surface area contributed by atoms with E-state index in [1.807, 2.05) is 0 Å². The summed E-state index contributed by atoms with van der Waals surface area (Å²) < 4.78 is 8.70. The minimum absolute atomic E-state index is 1.37. The minimum atomic E-state index is -2.87. The maximum atomic E-state index is 8.70. The quantitative estimate of drug-likeness (QED) is 0.610. The molecule has 0 bridgehead atoms. The van der Waals surface area contributed by atoms with E-state index in [9.17, 15) is 0 Å². The zero-order chi connectivity index (χ0) is 9.56. The molecule has 66 valence electrons. The van der Waals surface area contributed by atoms with Gasteiger partial charge in [0.25, 0.3) is 0 Å². The molecular formula is C8H12O3P+. The molecule has 0 fully saturated rings. The summed E-state index contributed by atoms with van der Waals surface area (Å²) in [7, 11) is -2.87. The van der Waals surface area contributed by atoms with Crippen LogP contribution in [0, 0.1) is 13.8 Å². The molecule has 0 atom stereocenters. The smallest absolute Gasteiger partial charge is 0.134 e. The lowest BCUT2D eigenvalue weighted by molar-refractivity contribution is 0.405. The molecule has 0 spiro atoms. The molecule has 1 rings (SSSR count).